The second-order valence-electron chi connectivity index (χ2n) is 8.66. The number of hydrogen-bond acceptors (Lipinski definition) is 2. The molecule has 4 aromatic rings. The highest BCUT2D eigenvalue weighted by molar-refractivity contribution is 5.88. The lowest BCUT2D eigenvalue weighted by molar-refractivity contribution is -0.124. The van der Waals surface area contributed by atoms with Gasteiger partial charge in [0.25, 0.3) is 0 Å². The van der Waals surface area contributed by atoms with Crippen LogP contribution in [0.1, 0.15) is 41.0 Å². The van der Waals surface area contributed by atoms with Crippen molar-refractivity contribution in [1.29, 1.82) is 0 Å². The molecule has 0 aliphatic rings. The highest BCUT2D eigenvalue weighted by Gasteiger charge is 2.25. The fraction of sp³-hybridized carbons (Fsp3) is 0.161. The smallest absolute Gasteiger partial charge is 0.232 e. The molecule has 0 fully saturated rings. The lowest BCUT2D eigenvalue weighted by atomic mass is 9.90. The zero-order chi connectivity index (χ0) is 24.5. The standard InChI is InChI=1S/C31H30N2O2/c1-23(33-31(35)29(26-18-10-4-11-19-26)27-20-12-5-13-21-27)22-32-30(34)28(24-14-6-2-7-15-24)25-16-8-3-9-17-25/h2-21,23,28-29H,22H2,1H3,(H,32,34)(H,33,35)/t23-/m1/s1. The average Bonchev–Trinajstić information content (AvgIpc) is 2.90. The van der Waals surface area contributed by atoms with E-state index >= 15 is 0 Å². The SMILES string of the molecule is C[C@H](CNC(=O)C(c1ccccc1)c1ccccc1)NC(=O)C(c1ccccc1)c1ccccc1. The lowest BCUT2D eigenvalue weighted by Crippen LogP contribution is -2.44. The van der Waals surface area contributed by atoms with Crippen molar-refractivity contribution in [3.63, 3.8) is 0 Å². The Bertz CT molecular complexity index is 1130. The molecule has 0 aliphatic carbocycles. The van der Waals surface area contributed by atoms with Gasteiger partial charge in [-0.2, -0.15) is 0 Å². The highest BCUT2D eigenvalue weighted by atomic mass is 16.2. The molecule has 4 rings (SSSR count). The predicted octanol–water partition coefficient (Wildman–Crippen LogP) is 5.27. The third-order valence-electron chi connectivity index (χ3n) is 6.03. The van der Waals surface area contributed by atoms with Crippen LogP contribution in [-0.2, 0) is 9.59 Å². The van der Waals surface area contributed by atoms with E-state index in [4.69, 9.17) is 0 Å². The molecule has 0 spiro atoms. The minimum absolute atomic E-state index is 0.0909. The Morgan fingerprint density at radius 2 is 0.857 bits per heavy atom. The van der Waals surface area contributed by atoms with Crippen molar-refractivity contribution in [3.05, 3.63) is 144 Å². The molecule has 2 amide bonds. The van der Waals surface area contributed by atoms with Crippen LogP contribution >= 0.6 is 0 Å². The number of amides is 2. The van der Waals surface area contributed by atoms with Gasteiger partial charge in [0.1, 0.15) is 0 Å². The van der Waals surface area contributed by atoms with E-state index in [1.54, 1.807) is 0 Å². The molecule has 0 heterocycles. The Kier molecular flexibility index (Phi) is 8.08. The van der Waals surface area contributed by atoms with Gasteiger partial charge in [-0.25, -0.2) is 0 Å². The maximum atomic E-state index is 13.4. The summed E-state index contributed by atoms with van der Waals surface area (Å²) in [6.07, 6.45) is 0. The summed E-state index contributed by atoms with van der Waals surface area (Å²) in [5.41, 5.74) is 3.73. The Balaban J connectivity index is 1.45. The third-order valence-corrected chi connectivity index (χ3v) is 6.03. The van der Waals surface area contributed by atoms with Crippen LogP contribution in [-0.4, -0.2) is 24.4 Å². The van der Waals surface area contributed by atoms with Crippen LogP contribution in [0, 0.1) is 0 Å². The zero-order valence-electron chi connectivity index (χ0n) is 19.8. The topological polar surface area (TPSA) is 58.2 Å². The van der Waals surface area contributed by atoms with E-state index in [1.807, 2.05) is 128 Å². The summed E-state index contributed by atoms with van der Waals surface area (Å²) in [7, 11) is 0. The Labute approximate surface area is 207 Å². The molecule has 35 heavy (non-hydrogen) atoms. The quantitative estimate of drug-likeness (QED) is 0.356. The average molecular weight is 463 g/mol. The van der Waals surface area contributed by atoms with Crippen LogP contribution < -0.4 is 10.6 Å². The zero-order valence-corrected chi connectivity index (χ0v) is 19.8. The molecule has 4 aromatic carbocycles. The Hall–Kier alpha value is -4.18. The molecule has 2 N–H and O–H groups in total. The van der Waals surface area contributed by atoms with Crippen molar-refractivity contribution in [2.75, 3.05) is 6.54 Å². The Morgan fingerprint density at radius 3 is 1.20 bits per heavy atom. The number of benzene rings is 4. The molecule has 0 radical (unpaired) electrons. The van der Waals surface area contributed by atoms with Crippen LogP contribution in [0.5, 0.6) is 0 Å². The van der Waals surface area contributed by atoms with E-state index in [0.717, 1.165) is 22.3 Å². The molecule has 4 nitrogen and oxygen atoms in total. The largest absolute Gasteiger partial charge is 0.353 e. The molecule has 0 unspecified atom stereocenters. The van der Waals surface area contributed by atoms with E-state index in [0.29, 0.717) is 6.54 Å². The summed E-state index contributed by atoms with van der Waals surface area (Å²) in [6.45, 7) is 2.24. The first kappa shape index (κ1) is 24.0. The molecule has 0 aliphatic heterocycles. The molecular weight excluding hydrogens is 432 g/mol. The predicted molar refractivity (Wildman–Crippen MR) is 140 cm³/mol. The van der Waals surface area contributed by atoms with Crippen LogP contribution in [0.4, 0.5) is 0 Å². The monoisotopic (exact) mass is 462 g/mol. The van der Waals surface area contributed by atoms with Crippen LogP contribution in [0.2, 0.25) is 0 Å². The summed E-state index contributed by atoms with van der Waals surface area (Å²) >= 11 is 0. The molecule has 0 aromatic heterocycles. The van der Waals surface area contributed by atoms with Crippen molar-refractivity contribution in [1.82, 2.24) is 10.6 Å². The fourth-order valence-corrected chi connectivity index (χ4v) is 4.31. The van der Waals surface area contributed by atoms with E-state index in [9.17, 15) is 9.59 Å². The maximum Gasteiger partial charge on any atom is 0.232 e. The van der Waals surface area contributed by atoms with Gasteiger partial charge in [0.2, 0.25) is 11.8 Å². The molecular formula is C31H30N2O2. The highest BCUT2D eigenvalue weighted by Crippen LogP contribution is 2.26. The van der Waals surface area contributed by atoms with E-state index < -0.39 is 11.8 Å². The second-order valence-corrected chi connectivity index (χ2v) is 8.66. The van der Waals surface area contributed by atoms with Gasteiger partial charge in [-0.15, -0.1) is 0 Å². The first-order valence-electron chi connectivity index (χ1n) is 11.9. The van der Waals surface area contributed by atoms with Gasteiger partial charge in [-0.05, 0) is 29.2 Å². The lowest BCUT2D eigenvalue weighted by Gasteiger charge is -2.23. The first-order chi connectivity index (χ1) is 17.1. The number of carbonyl (C=O) groups excluding carboxylic acids is 2. The van der Waals surface area contributed by atoms with Gasteiger partial charge >= 0.3 is 0 Å². The van der Waals surface area contributed by atoms with Gasteiger partial charge in [0, 0.05) is 12.6 Å². The molecule has 0 bridgehead atoms. The van der Waals surface area contributed by atoms with Crippen molar-refractivity contribution < 1.29 is 9.59 Å². The number of hydrogen-bond donors (Lipinski definition) is 2. The van der Waals surface area contributed by atoms with Crippen LogP contribution in [0.15, 0.2) is 121 Å². The normalized spacial score (nSPS) is 11.7. The molecule has 4 heteroatoms. The van der Waals surface area contributed by atoms with Crippen molar-refractivity contribution in [2.45, 2.75) is 24.8 Å². The van der Waals surface area contributed by atoms with Crippen molar-refractivity contribution in [3.8, 4) is 0 Å². The number of nitrogens with one attached hydrogen (secondary N) is 2. The number of rotatable bonds is 9. The second kappa shape index (κ2) is 11.8. The Morgan fingerprint density at radius 1 is 0.543 bits per heavy atom. The molecule has 176 valence electrons. The van der Waals surface area contributed by atoms with Gasteiger partial charge in [0.15, 0.2) is 0 Å². The van der Waals surface area contributed by atoms with Crippen LogP contribution in [0.25, 0.3) is 0 Å². The summed E-state index contributed by atoms with van der Waals surface area (Å²) in [6, 6.07) is 38.8. The summed E-state index contributed by atoms with van der Waals surface area (Å²) in [5, 5.41) is 6.15. The summed E-state index contributed by atoms with van der Waals surface area (Å²) in [4.78, 5) is 26.6. The van der Waals surface area contributed by atoms with E-state index in [-0.39, 0.29) is 17.9 Å². The van der Waals surface area contributed by atoms with Crippen LogP contribution in [0.3, 0.4) is 0 Å². The van der Waals surface area contributed by atoms with Gasteiger partial charge in [-0.1, -0.05) is 121 Å². The third kappa shape index (κ3) is 6.24. The summed E-state index contributed by atoms with van der Waals surface area (Å²) in [5.74, 6) is -1.02. The molecule has 1 atom stereocenters. The minimum Gasteiger partial charge on any atom is -0.353 e. The van der Waals surface area contributed by atoms with E-state index in [2.05, 4.69) is 10.6 Å². The van der Waals surface area contributed by atoms with Crippen molar-refractivity contribution in [2.24, 2.45) is 0 Å². The summed E-state index contributed by atoms with van der Waals surface area (Å²) < 4.78 is 0. The maximum absolute atomic E-state index is 13.4. The van der Waals surface area contributed by atoms with Gasteiger partial charge in [0.05, 0.1) is 11.8 Å². The van der Waals surface area contributed by atoms with Crippen molar-refractivity contribution >= 4 is 11.8 Å². The van der Waals surface area contributed by atoms with Gasteiger partial charge < -0.3 is 10.6 Å². The number of carbonyl (C=O) groups is 2. The molecule has 0 saturated carbocycles. The minimum atomic E-state index is -0.420. The van der Waals surface area contributed by atoms with E-state index in [1.165, 1.54) is 0 Å². The van der Waals surface area contributed by atoms with Gasteiger partial charge in [-0.3, -0.25) is 9.59 Å². The molecule has 0 saturated heterocycles. The first-order valence-corrected chi connectivity index (χ1v) is 11.9. The fourth-order valence-electron chi connectivity index (χ4n) is 4.31.